The van der Waals surface area contributed by atoms with E-state index in [0.29, 0.717) is 11.9 Å². The number of thiazole rings is 1. The summed E-state index contributed by atoms with van der Waals surface area (Å²) in [5, 5.41) is 23.7. The quantitative estimate of drug-likeness (QED) is 0.353. The number of nitrogens with zero attached hydrogens (tertiary/aromatic N) is 5. The third kappa shape index (κ3) is 2.95. The van der Waals surface area contributed by atoms with Crippen molar-refractivity contribution < 1.29 is 0 Å². The van der Waals surface area contributed by atoms with Crippen molar-refractivity contribution in [2.45, 2.75) is 13.0 Å². The number of aromatic nitrogens is 6. The van der Waals surface area contributed by atoms with Gasteiger partial charge in [-0.2, -0.15) is 10.2 Å². The lowest BCUT2D eigenvalue weighted by Gasteiger charge is -2.07. The molecule has 0 amide bonds. The second-order valence-corrected chi connectivity index (χ2v) is 7.38. The monoisotopic (exact) mass is 397 g/mol. The molecule has 0 spiro atoms. The van der Waals surface area contributed by atoms with Gasteiger partial charge in [-0.15, -0.1) is 11.3 Å². The molecule has 0 aliphatic heterocycles. The second-order valence-electron chi connectivity index (χ2n) is 6.30. The van der Waals surface area contributed by atoms with Crippen molar-refractivity contribution in [1.82, 2.24) is 34.8 Å². The van der Waals surface area contributed by atoms with E-state index in [1.807, 2.05) is 13.1 Å². The van der Waals surface area contributed by atoms with Crippen molar-refractivity contribution in [1.29, 1.82) is 5.41 Å². The number of allylic oxidation sites excluding steroid dienone is 1. The summed E-state index contributed by atoms with van der Waals surface area (Å²) in [4.78, 5) is 17.6. The Morgan fingerprint density at radius 3 is 3.04 bits per heavy atom. The first-order valence-corrected chi connectivity index (χ1v) is 9.34. The maximum atomic E-state index is 12.9. The molecule has 4 rings (SSSR count). The van der Waals surface area contributed by atoms with Crippen molar-refractivity contribution >= 4 is 38.3 Å². The van der Waals surface area contributed by atoms with Crippen LogP contribution in [0.3, 0.4) is 0 Å². The van der Waals surface area contributed by atoms with Gasteiger partial charge in [-0.25, -0.2) is 9.67 Å². The van der Waals surface area contributed by atoms with Gasteiger partial charge >= 0.3 is 0 Å². The summed E-state index contributed by atoms with van der Waals surface area (Å²) in [6.45, 7) is -0.00451. The van der Waals surface area contributed by atoms with Crippen LogP contribution in [0.4, 0.5) is 0 Å². The minimum absolute atomic E-state index is 0.00451. The Labute approximate surface area is 163 Å². The molecular weight excluding hydrogens is 378 g/mol. The molecule has 4 aromatic heterocycles. The number of H-pyrrole nitrogens is 1. The molecule has 0 saturated carbocycles. The molecule has 10 nitrogen and oxygen atoms in total. The highest BCUT2D eigenvalue weighted by molar-refractivity contribution is 7.19. The van der Waals surface area contributed by atoms with Gasteiger partial charge in [0.05, 0.1) is 34.5 Å². The van der Waals surface area contributed by atoms with E-state index in [4.69, 9.17) is 11.1 Å². The van der Waals surface area contributed by atoms with E-state index in [1.165, 1.54) is 22.2 Å². The van der Waals surface area contributed by atoms with Gasteiger partial charge in [0.15, 0.2) is 5.65 Å². The molecule has 0 fully saturated rings. The number of hydrogen-bond donors (Lipinski definition) is 4. The Kier molecular flexibility index (Phi) is 4.43. The van der Waals surface area contributed by atoms with Gasteiger partial charge in [0.25, 0.3) is 5.56 Å². The maximum Gasteiger partial charge on any atom is 0.291 e. The van der Waals surface area contributed by atoms with Crippen LogP contribution < -0.4 is 16.6 Å². The van der Waals surface area contributed by atoms with E-state index < -0.39 is 0 Å². The lowest BCUT2D eigenvalue weighted by atomic mass is 10.3. The molecule has 144 valence electrons. The number of aryl methyl sites for hydroxylation is 1. The molecule has 0 aliphatic carbocycles. The Hall–Kier alpha value is -3.47. The molecule has 0 saturated heterocycles. The van der Waals surface area contributed by atoms with Crippen molar-refractivity contribution in [3.05, 3.63) is 51.4 Å². The number of fused-ring (bicyclic) bond motifs is 3. The SMILES string of the molecule is CN/C=C(/N)C(=N)Cn1ncc2c3sc(Cc4cc[nH]n4)nc3n(C)c2c1=O. The van der Waals surface area contributed by atoms with Crippen LogP contribution in [0.25, 0.3) is 21.3 Å². The molecule has 5 N–H and O–H groups in total. The zero-order valence-corrected chi connectivity index (χ0v) is 16.2. The summed E-state index contributed by atoms with van der Waals surface area (Å²) in [6, 6.07) is 1.91. The van der Waals surface area contributed by atoms with E-state index in [-0.39, 0.29) is 23.5 Å². The van der Waals surface area contributed by atoms with Crippen LogP contribution in [0.1, 0.15) is 10.7 Å². The zero-order valence-electron chi connectivity index (χ0n) is 15.4. The predicted molar refractivity (Wildman–Crippen MR) is 109 cm³/mol. The van der Waals surface area contributed by atoms with Crippen LogP contribution in [-0.2, 0) is 20.0 Å². The number of rotatable bonds is 6. The normalized spacial score (nSPS) is 12.1. The summed E-state index contributed by atoms with van der Waals surface area (Å²) in [5.41, 5.74) is 8.05. The molecule has 11 heteroatoms. The zero-order chi connectivity index (χ0) is 19.8. The molecule has 4 aromatic rings. The Bertz CT molecular complexity index is 1260. The number of nitrogens with one attached hydrogen (secondary N) is 3. The van der Waals surface area contributed by atoms with E-state index in [2.05, 4.69) is 25.6 Å². The third-order valence-electron chi connectivity index (χ3n) is 4.42. The maximum absolute atomic E-state index is 12.9. The topological polar surface area (TPSA) is 143 Å². The molecule has 0 atom stereocenters. The van der Waals surface area contributed by atoms with E-state index in [1.54, 1.807) is 24.0 Å². The van der Waals surface area contributed by atoms with E-state index >= 15 is 0 Å². The lowest BCUT2D eigenvalue weighted by molar-refractivity contribution is 0.673. The van der Waals surface area contributed by atoms with Crippen molar-refractivity contribution in [3.63, 3.8) is 0 Å². The number of aromatic amines is 1. The molecule has 28 heavy (non-hydrogen) atoms. The second kappa shape index (κ2) is 6.93. The van der Waals surface area contributed by atoms with E-state index in [9.17, 15) is 4.79 Å². The minimum Gasteiger partial charge on any atom is -0.396 e. The van der Waals surface area contributed by atoms with Crippen molar-refractivity contribution in [2.75, 3.05) is 7.05 Å². The summed E-state index contributed by atoms with van der Waals surface area (Å²) in [6.07, 6.45) is 5.57. The average molecular weight is 397 g/mol. The third-order valence-corrected chi connectivity index (χ3v) is 5.49. The van der Waals surface area contributed by atoms with Gasteiger partial charge in [0.2, 0.25) is 0 Å². The van der Waals surface area contributed by atoms with Crippen LogP contribution in [0.5, 0.6) is 0 Å². The van der Waals surface area contributed by atoms with Gasteiger partial charge in [0, 0.05) is 38.3 Å². The van der Waals surface area contributed by atoms with Gasteiger partial charge in [-0.3, -0.25) is 9.89 Å². The van der Waals surface area contributed by atoms with Crippen molar-refractivity contribution in [3.8, 4) is 0 Å². The number of nitrogens with two attached hydrogens (primary N) is 1. The Balaban J connectivity index is 1.75. The fourth-order valence-electron chi connectivity index (χ4n) is 3.05. The van der Waals surface area contributed by atoms with E-state index in [0.717, 1.165) is 26.4 Å². The Morgan fingerprint density at radius 2 is 2.32 bits per heavy atom. The largest absolute Gasteiger partial charge is 0.396 e. The number of hydrogen-bond acceptors (Lipinski definition) is 8. The molecule has 0 unspecified atom stereocenters. The first kappa shape index (κ1) is 17.9. The van der Waals surface area contributed by atoms with Crippen LogP contribution in [0.15, 0.2) is 35.2 Å². The summed E-state index contributed by atoms with van der Waals surface area (Å²) >= 11 is 1.53. The molecule has 0 aromatic carbocycles. The molecule has 0 aliphatic rings. The van der Waals surface area contributed by atoms with Gasteiger partial charge in [-0.1, -0.05) is 0 Å². The molecule has 0 radical (unpaired) electrons. The first-order chi connectivity index (χ1) is 13.5. The van der Waals surface area contributed by atoms with Crippen LogP contribution in [-0.4, -0.2) is 42.3 Å². The summed E-state index contributed by atoms with van der Waals surface area (Å²) < 4.78 is 3.95. The highest BCUT2D eigenvalue weighted by Gasteiger charge is 2.19. The summed E-state index contributed by atoms with van der Waals surface area (Å²) in [5.74, 6) is 0. The minimum atomic E-state index is -0.277. The smallest absolute Gasteiger partial charge is 0.291 e. The van der Waals surface area contributed by atoms with Crippen molar-refractivity contribution in [2.24, 2.45) is 12.8 Å². The van der Waals surface area contributed by atoms with Gasteiger partial charge in [-0.05, 0) is 6.07 Å². The van der Waals surface area contributed by atoms with Crippen LogP contribution in [0.2, 0.25) is 0 Å². The lowest BCUT2D eigenvalue weighted by Crippen LogP contribution is -2.29. The standard InChI is InChI=1S/C17H19N9OS/c1-20-7-11(18)12(19)8-26-17(27)14-10(6-22-26)15-16(25(14)2)23-13(28-15)5-9-3-4-21-24-9/h3-4,6-7,19-20H,5,8,18H2,1-2H3,(H,21,24)/b11-7+,19-12?. The fourth-order valence-corrected chi connectivity index (χ4v) is 4.17. The highest BCUT2D eigenvalue weighted by Crippen LogP contribution is 2.31. The molecule has 4 heterocycles. The first-order valence-electron chi connectivity index (χ1n) is 8.53. The van der Waals surface area contributed by atoms with Gasteiger partial charge < -0.3 is 21.0 Å². The average Bonchev–Trinajstić information content (AvgIpc) is 3.37. The fraction of sp³-hybridized carbons (Fsp3) is 0.235. The molecular formula is C17H19N9OS. The van der Waals surface area contributed by atoms with Gasteiger partial charge in [0.1, 0.15) is 10.5 Å². The highest BCUT2D eigenvalue weighted by atomic mass is 32.1. The van der Waals surface area contributed by atoms with Crippen LogP contribution >= 0.6 is 11.3 Å². The van der Waals surface area contributed by atoms with Crippen LogP contribution in [0, 0.1) is 5.41 Å². The Morgan fingerprint density at radius 1 is 1.50 bits per heavy atom. The molecule has 0 bridgehead atoms. The summed E-state index contributed by atoms with van der Waals surface area (Å²) in [7, 11) is 3.51. The predicted octanol–water partition coefficient (Wildman–Crippen LogP) is 0.698.